The number of H-pyrrole nitrogens is 1. The van der Waals surface area contributed by atoms with Crippen LogP contribution in [-0.2, 0) is 19.1 Å². The van der Waals surface area contributed by atoms with Crippen LogP contribution < -0.4 is 15.4 Å². The smallest absolute Gasteiger partial charge is 0.295 e. The zero-order valence-electron chi connectivity index (χ0n) is 23.7. The average molecular weight is 555 g/mol. The second-order valence-corrected chi connectivity index (χ2v) is 11.0. The largest absolute Gasteiger partial charge is 0.497 e. The van der Waals surface area contributed by atoms with Crippen molar-refractivity contribution in [1.29, 1.82) is 0 Å². The Morgan fingerprint density at radius 2 is 1.68 bits per heavy atom. The van der Waals surface area contributed by atoms with E-state index in [1.165, 1.54) is 32.6 Å². The summed E-state index contributed by atoms with van der Waals surface area (Å²) in [4.78, 5) is 57.2. The van der Waals surface area contributed by atoms with Gasteiger partial charge in [-0.05, 0) is 43.7 Å². The number of rotatable bonds is 12. The molecule has 0 saturated heterocycles. The zero-order valence-corrected chi connectivity index (χ0v) is 23.7. The number of benzene rings is 1. The average Bonchev–Trinajstić information content (AvgIpc) is 3.40. The van der Waals surface area contributed by atoms with Crippen molar-refractivity contribution in [2.75, 3.05) is 40.5 Å². The van der Waals surface area contributed by atoms with Crippen LogP contribution in [0.5, 0.6) is 5.75 Å². The summed E-state index contributed by atoms with van der Waals surface area (Å²) in [7, 11) is 3.07. The number of ketones is 1. The van der Waals surface area contributed by atoms with Crippen molar-refractivity contribution in [2.45, 2.75) is 69.7 Å². The lowest BCUT2D eigenvalue weighted by molar-refractivity contribution is -0.137. The lowest BCUT2D eigenvalue weighted by Crippen LogP contribution is -2.58. The molecule has 218 valence electrons. The maximum absolute atomic E-state index is 13.5. The van der Waals surface area contributed by atoms with Gasteiger partial charge in [-0.3, -0.25) is 19.2 Å². The number of carbonyl (C=O) groups excluding carboxylic acids is 4. The van der Waals surface area contributed by atoms with Gasteiger partial charge in [-0.1, -0.05) is 38.5 Å². The Morgan fingerprint density at radius 3 is 2.38 bits per heavy atom. The summed E-state index contributed by atoms with van der Waals surface area (Å²) in [6, 6.07) is 5.15. The number of aromatic amines is 1. The van der Waals surface area contributed by atoms with Crippen LogP contribution >= 0.6 is 0 Å². The second kappa shape index (κ2) is 13.8. The third kappa shape index (κ3) is 7.02. The fourth-order valence-corrected chi connectivity index (χ4v) is 6.36. The van der Waals surface area contributed by atoms with Crippen molar-refractivity contribution in [3.63, 3.8) is 0 Å². The molecule has 1 aromatic carbocycles. The van der Waals surface area contributed by atoms with Crippen LogP contribution in [0, 0.1) is 5.92 Å². The fourth-order valence-electron chi connectivity index (χ4n) is 6.36. The molecule has 2 aliphatic carbocycles. The number of fused-ring (bicyclic) bond motifs is 1. The van der Waals surface area contributed by atoms with Crippen molar-refractivity contribution in [3.05, 3.63) is 30.0 Å². The maximum Gasteiger partial charge on any atom is 0.295 e. The van der Waals surface area contributed by atoms with E-state index in [1.54, 1.807) is 25.3 Å². The van der Waals surface area contributed by atoms with Gasteiger partial charge in [-0.2, -0.15) is 0 Å². The molecule has 3 N–H and O–H groups in total. The molecule has 0 spiro atoms. The zero-order chi connectivity index (χ0) is 28.5. The van der Waals surface area contributed by atoms with Crippen LogP contribution in [0.25, 0.3) is 10.9 Å². The molecule has 0 bridgehead atoms. The summed E-state index contributed by atoms with van der Waals surface area (Å²) in [6.07, 6.45) is 12.3. The molecule has 10 nitrogen and oxygen atoms in total. The van der Waals surface area contributed by atoms with E-state index < -0.39 is 24.1 Å². The van der Waals surface area contributed by atoms with E-state index in [1.807, 2.05) is 0 Å². The first-order valence-electron chi connectivity index (χ1n) is 14.4. The van der Waals surface area contributed by atoms with Gasteiger partial charge in [0.25, 0.3) is 11.7 Å². The van der Waals surface area contributed by atoms with E-state index in [4.69, 9.17) is 9.47 Å². The lowest BCUT2D eigenvalue weighted by atomic mass is 9.67. The molecule has 0 unspecified atom stereocenters. The summed E-state index contributed by atoms with van der Waals surface area (Å²) in [5.41, 5.74) is 0.535. The maximum atomic E-state index is 13.5. The van der Waals surface area contributed by atoms with Gasteiger partial charge in [-0.15, -0.1) is 0 Å². The predicted octanol–water partition coefficient (Wildman–Crippen LogP) is 3.35. The highest BCUT2D eigenvalue weighted by molar-refractivity contribution is 6.45. The molecule has 1 heterocycles. The summed E-state index contributed by atoms with van der Waals surface area (Å²) >= 11 is 0. The van der Waals surface area contributed by atoms with E-state index in [0.717, 1.165) is 49.8 Å². The minimum atomic E-state index is -0.899. The van der Waals surface area contributed by atoms with Gasteiger partial charge in [0, 0.05) is 42.4 Å². The van der Waals surface area contributed by atoms with Crippen molar-refractivity contribution in [2.24, 2.45) is 5.92 Å². The van der Waals surface area contributed by atoms with Crippen LogP contribution in [0.2, 0.25) is 0 Å². The molecule has 2 fully saturated rings. The summed E-state index contributed by atoms with van der Waals surface area (Å²) in [5, 5.41) is 6.55. The minimum Gasteiger partial charge on any atom is -0.497 e. The molecule has 2 aromatic rings. The second-order valence-electron chi connectivity index (χ2n) is 11.0. The van der Waals surface area contributed by atoms with Crippen LogP contribution in [0.4, 0.5) is 0 Å². The highest BCUT2D eigenvalue weighted by atomic mass is 16.5. The molecule has 10 heteroatoms. The van der Waals surface area contributed by atoms with E-state index in [-0.39, 0.29) is 30.1 Å². The van der Waals surface area contributed by atoms with Crippen molar-refractivity contribution in [3.8, 4) is 5.75 Å². The molecule has 0 atom stereocenters. The molecule has 40 heavy (non-hydrogen) atoms. The first kappa shape index (κ1) is 29.6. The van der Waals surface area contributed by atoms with E-state index in [0.29, 0.717) is 29.2 Å². The van der Waals surface area contributed by atoms with Crippen molar-refractivity contribution in [1.82, 2.24) is 20.5 Å². The molecule has 0 aliphatic heterocycles. The lowest BCUT2D eigenvalue weighted by Gasteiger charge is -2.46. The predicted molar refractivity (Wildman–Crippen MR) is 151 cm³/mol. The number of amides is 3. The quantitative estimate of drug-likeness (QED) is 0.210. The Kier molecular flexibility index (Phi) is 10.2. The Labute approximate surface area is 235 Å². The molecule has 3 amide bonds. The van der Waals surface area contributed by atoms with Gasteiger partial charge in [0.2, 0.25) is 11.8 Å². The number of nitrogens with one attached hydrogen (secondary N) is 3. The number of ether oxygens (including phenoxy) is 2. The summed E-state index contributed by atoms with van der Waals surface area (Å²) in [5.74, 6) is -1.45. The molecule has 0 radical (unpaired) electrons. The van der Waals surface area contributed by atoms with Gasteiger partial charge < -0.3 is 30.0 Å². The van der Waals surface area contributed by atoms with Crippen LogP contribution in [0.15, 0.2) is 24.4 Å². The molecule has 4 rings (SSSR count). The van der Waals surface area contributed by atoms with Gasteiger partial charge in [0.1, 0.15) is 18.8 Å². The Hall–Kier alpha value is -3.40. The van der Waals surface area contributed by atoms with Gasteiger partial charge in [-0.25, -0.2) is 0 Å². The minimum absolute atomic E-state index is 0.179. The molecular formula is C30H42N4O6. The molecule has 2 aliphatic rings. The van der Waals surface area contributed by atoms with E-state index >= 15 is 0 Å². The first-order chi connectivity index (χ1) is 19.4. The number of hydrogen-bond acceptors (Lipinski definition) is 6. The first-order valence-corrected chi connectivity index (χ1v) is 14.4. The number of Topliss-reactive ketones (excluding diaryl/α,β-unsaturated/α-hetero) is 1. The van der Waals surface area contributed by atoms with Gasteiger partial charge in [0.15, 0.2) is 0 Å². The third-order valence-corrected chi connectivity index (χ3v) is 8.43. The Balaban J connectivity index is 1.53. The Morgan fingerprint density at radius 1 is 0.975 bits per heavy atom. The van der Waals surface area contributed by atoms with Crippen LogP contribution in [0.1, 0.15) is 74.6 Å². The number of methoxy groups -OCH3 is 2. The molecule has 2 saturated carbocycles. The highest BCUT2D eigenvalue weighted by Crippen LogP contribution is 2.41. The number of aromatic nitrogens is 1. The highest BCUT2D eigenvalue weighted by Gasteiger charge is 2.41. The van der Waals surface area contributed by atoms with Crippen molar-refractivity contribution < 1.29 is 28.7 Å². The SMILES string of the molecule is COCCNC(=O)CN(CC(=O)NC1(C2CCCCC2)CCCCC1)C(=O)C(=O)c1c[nH]c2cc(OC)ccc12. The number of nitrogens with zero attached hydrogens (tertiary/aromatic N) is 1. The van der Waals surface area contributed by atoms with E-state index in [9.17, 15) is 19.2 Å². The molecular weight excluding hydrogens is 512 g/mol. The Bertz CT molecular complexity index is 1200. The topological polar surface area (TPSA) is 130 Å². The van der Waals surface area contributed by atoms with Gasteiger partial charge >= 0.3 is 0 Å². The summed E-state index contributed by atoms with van der Waals surface area (Å²) in [6.45, 7) is -0.213. The molecule has 1 aromatic heterocycles. The number of hydrogen-bond donors (Lipinski definition) is 3. The number of carbonyl (C=O) groups is 4. The van der Waals surface area contributed by atoms with Crippen LogP contribution in [0.3, 0.4) is 0 Å². The third-order valence-electron chi connectivity index (χ3n) is 8.43. The fraction of sp³-hybridized carbons (Fsp3) is 0.600. The van der Waals surface area contributed by atoms with Crippen molar-refractivity contribution >= 4 is 34.4 Å². The monoisotopic (exact) mass is 554 g/mol. The summed E-state index contributed by atoms with van der Waals surface area (Å²) < 4.78 is 10.2. The standard InChI is InChI=1S/C30H42N4O6/c1-39-16-15-31-26(35)19-34(29(38)28(37)24-18-32-25-17-22(40-2)11-12-23(24)25)20-27(36)33-30(13-7-4-8-14-30)21-9-5-3-6-10-21/h11-12,17-18,21,32H,3-10,13-16,19-20H2,1-2H3,(H,31,35)(H,33,36). The normalized spacial score (nSPS) is 17.2. The van der Waals surface area contributed by atoms with E-state index in [2.05, 4.69) is 15.6 Å². The van der Waals surface area contributed by atoms with Crippen LogP contribution in [-0.4, -0.2) is 79.4 Å². The van der Waals surface area contributed by atoms with Gasteiger partial charge in [0.05, 0.1) is 19.3 Å².